The Labute approximate surface area is 134 Å². The van der Waals surface area contributed by atoms with Gasteiger partial charge in [-0.25, -0.2) is 4.79 Å². The molecule has 6 heteroatoms. The molecule has 1 amide bonds. The minimum atomic E-state index is -0.463. The van der Waals surface area contributed by atoms with Crippen molar-refractivity contribution in [3.63, 3.8) is 0 Å². The van der Waals surface area contributed by atoms with Gasteiger partial charge in [-0.1, -0.05) is 0 Å². The van der Waals surface area contributed by atoms with Gasteiger partial charge in [0.05, 0.1) is 19.2 Å². The number of rotatable bonds is 6. The monoisotopic (exact) mass is 313 g/mol. The predicted octanol–water partition coefficient (Wildman–Crippen LogP) is 2.43. The molecule has 0 fully saturated rings. The lowest BCUT2D eigenvalue weighted by molar-refractivity contribution is 0.0276. The average molecular weight is 313 g/mol. The van der Waals surface area contributed by atoms with Crippen LogP contribution in [0.3, 0.4) is 0 Å². The highest BCUT2D eigenvalue weighted by atomic mass is 16.6. The van der Waals surface area contributed by atoms with Crippen molar-refractivity contribution in [2.75, 3.05) is 32.8 Å². The number of carbonyl (C=O) groups excluding carboxylic acids is 1. The van der Waals surface area contributed by atoms with Gasteiger partial charge in [-0.05, 0) is 47.5 Å². The molecular formula is C16H31N3O3. The largest absolute Gasteiger partial charge is 0.444 e. The summed E-state index contributed by atoms with van der Waals surface area (Å²) in [6.45, 7) is 13.1. The van der Waals surface area contributed by atoms with Crippen molar-refractivity contribution in [2.45, 2.75) is 59.2 Å². The minimum Gasteiger partial charge on any atom is -0.444 e. The Morgan fingerprint density at radius 1 is 1.36 bits per heavy atom. The van der Waals surface area contributed by atoms with Crippen LogP contribution in [-0.4, -0.2) is 61.3 Å². The van der Waals surface area contributed by atoms with E-state index in [-0.39, 0.29) is 12.2 Å². The Morgan fingerprint density at radius 2 is 2.09 bits per heavy atom. The fourth-order valence-corrected chi connectivity index (χ4v) is 1.99. The summed E-state index contributed by atoms with van der Waals surface area (Å²) < 4.78 is 10.9. The van der Waals surface area contributed by atoms with Crippen LogP contribution in [-0.2, 0) is 9.47 Å². The van der Waals surface area contributed by atoms with Gasteiger partial charge in [0.15, 0.2) is 0 Å². The normalized spacial score (nSPS) is 15.7. The van der Waals surface area contributed by atoms with Crippen molar-refractivity contribution in [1.82, 2.24) is 10.2 Å². The van der Waals surface area contributed by atoms with Crippen LogP contribution in [0.1, 0.15) is 47.5 Å². The van der Waals surface area contributed by atoms with E-state index < -0.39 is 5.60 Å². The first-order valence-electron chi connectivity index (χ1n) is 8.14. The zero-order valence-electron chi connectivity index (χ0n) is 14.6. The van der Waals surface area contributed by atoms with Gasteiger partial charge in [-0.15, -0.1) is 0 Å². The Hall–Kier alpha value is -1.30. The molecule has 0 bridgehead atoms. The quantitative estimate of drug-likeness (QED) is 0.765. The van der Waals surface area contributed by atoms with Gasteiger partial charge in [-0.2, -0.15) is 0 Å². The Morgan fingerprint density at radius 3 is 2.73 bits per heavy atom. The summed E-state index contributed by atoms with van der Waals surface area (Å²) in [4.78, 5) is 18.2. The second kappa shape index (κ2) is 8.98. The first kappa shape index (κ1) is 18.7. The second-order valence-corrected chi connectivity index (χ2v) is 6.78. The van der Waals surface area contributed by atoms with E-state index in [0.29, 0.717) is 19.6 Å². The van der Waals surface area contributed by atoms with Gasteiger partial charge in [-0.3, -0.25) is 9.89 Å². The molecule has 0 spiro atoms. The number of carbonyl (C=O) groups is 1. The Kier molecular flexibility index (Phi) is 7.65. The smallest absolute Gasteiger partial charge is 0.410 e. The maximum Gasteiger partial charge on any atom is 0.410 e. The van der Waals surface area contributed by atoms with Gasteiger partial charge in [0, 0.05) is 19.7 Å². The lowest BCUT2D eigenvalue weighted by atomic mass is 10.2. The third-order valence-electron chi connectivity index (χ3n) is 3.02. The summed E-state index contributed by atoms with van der Waals surface area (Å²) in [5.74, 6) is 0.863. The first-order valence-corrected chi connectivity index (χ1v) is 8.14. The first-order chi connectivity index (χ1) is 10.3. The average Bonchev–Trinajstić information content (AvgIpc) is 2.41. The third kappa shape index (κ3) is 8.22. The van der Waals surface area contributed by atoms with Crippen molar-refractivity contribution in [3.05, 3.63) is 0 Å². The molecule has 1 N–H and O–H groups in total. The van der Waals surface area contributed by atoms with E-state index in [1.807, 2.05) is 34.6 Å². The molecule has 22 heavy (non-hydrogen) atoms. The highest BCUT2D eigenvalue weighted by molar-refractivity contribution is 5.87. The zero-order chi connectivity index (χ0) is 16.6. The highest BCUT2D eigenvalue weighted by Gasteiger charge is 2.24. The summed E-state index contributed by atoms with van der Waals surface area (Å²) in [5.41, 5.74) is -0.463. The number of hydrogen-bond donors (Lipinski definition) is 1. The maximum atomic E-state index is 12.0. The van der Waals surface area contributed by atoms with Crippen LogP contribution in [0.15, 0.2) is 4.99 Å². The molecule has 128 valence electrons. The van der Waals surface area contributed by atoms with Crippen molar-refractivity contribution in [3.8, 4) is 0 Å². The molecule has 0 aliphatic carbocycles. The van der Waals surface area contributed by atoms with Gasteiger partial charge in [0.2, 0.25) is 0 Å². The van der Waals surface area contributed by atoms with Crippen molar-refractivity contribution in [2.24, 2.45) is 4.99 Å². The fraction of sp³-hybridized carbons (Fsp3) is 0.875. The molecule has 0 atom stereocenters. The number of hydrogen-bond acceptors (Lipinski definition) is 5. The summed E-state index contributed by atoms with van der Waals surface area (Å²) in [6, 6.07) is 0. The molecule has 0 aromatic rings. The van der Waals surface area contributed by atoms with E-state index in [4.69, 9.17) is 9.47 Å². The molecule has 0 saturated heterocycles. The number of nitrogens with one attached hydrogen (secondary N) is 1. The molecule has 0 saturated carbocycles. The SMILES string of the molecule is CC(C)OCCCCNC1=NCCN(C(=O)OC(C)(C)C)C1. The number of nitrogens with zero attached hydrogens (tertiary/aromatic N) is 2. The lowest BCUT2D eigenvalue weighted by Gasteiger charge is -2.29. The predicted molar refractivity (Wildman–Crippen MR) is 88.4 cm³/mol. The topological polar surface area (TPSA) is 63.2 Å². The fourth-order valence-electron chi connectivity index (χ4n) is 1.99. The molecule has 0 radical (unpaired) electrons. The molecule has 1 aliphatic heterocycles. The molecule has 0 aromatic heterocycles. The lowest BCUT2D eigenvalue weighted by Crippen LogP contribution is -2.47. The number of aliphatic imine (C=N–C) groups is 1. The van der Waals surface area contributed by atoms with E-state index in [2.05, 4.69) is 10.3 Å². The number of amidine groups is 1. The van der Waals surface area contributed by atoms with E-state index >= 15 is 0 Å². The van der Waals surface area contributed by atoms with Crippen LogP contribution >= 0.6 is 0 Å². The van der Waals surface area contributed by atoms with Crippen LogP contribution in [0.2, 0.25) is 0 Å². The molecule has 0 aromatic carbocycles. The number of ether oxygens (including phenoxy) is 2. The summed E-state index contributed by atoms with van der Waals surface area (Å²) in [6.07, 6.45) is 2.07. The van der Waals surface area contributed by atoms with Gasteiger partial charge in [0.25, 0.3) is 0 Å². The van der Waals surface area contributed by atoms with E-state index in [0.717, 1.165) is 31.8 Å². The zero-order valence-corrected chi connectivity index (χ0v) is 14.6. The highest BCUT2D eigenvalue weighted by Crippen LogP contribution is 2.11. The van der Waals surface area contributed by atoms with Crippen molar-refractivity contribution < 1.29 is 14.3 Å². The van der Waals surface area contributed by atoms with Crippen LogP contribution < -0.4 is 5.32 Å². The van der Waals surface area contributed by atoms with E-state index in [9.17, 15) is 4.79 Å². The molecule has 0 unspecified atom stereocenters. The van der Waals surface area contributed by atoms with Crippen LogP contribution in [0.25, 0.3) is 0 Å². The van der Waals surface area contributed by atoms with E-state index in [1.165, 1.54) is 0 Å². The van der Waals surface area contributed by atoms with Crippen LogP contribution in [0, 0.1) is 0 Å². The molecule has 1 aliphatic rings. The van der Waals surface area contributed by atoms with Gasteiger partial charge in [0.1, 0.15) is 11.4 Å². The molecule has 1 rings (SSSR count). The maximum absolute atomic E-state index is 12.0. The summed E-state index contributed by atoms with van der Waals surface area (Å²) >= 11 is 0. The van der Waals surface area contributed by atoms with Crippen molar-refractivity contribution in [1.29, 1.82) is 0 Å². The van der Waals surface area contributed by atoms with Crippen LogP contribution in [0.5, 0.6) is 0 Å². The molecule has 1 heterocycles. The summed E-state index contributed by atoms with van der Waals surface area (Å²) in [5, 5.41) is 3.30. The third-order valence-corrected chi connectivity index (χ3v) is 3.02. The Bertz CT molecular complexity index is 375. The summed E-state index contributed by atoms with van der Waals surface area (Å²) in [7, 11) is 0. The number of amides is 1. The van der Waals surface area contributed by atoms with E-state index in [1.54, 1.807) is 4.90 Å². The Balaban J connectivity index is 2.23. The standard InChI is InChI=1S/C16H31N3O3/c1-13(2)21-11-7-6-8-17-14-12-19(10-9-18-14)15(20)22-16(3,4)5/h13H,6-12H2,1-5H3,(H,17,18). The molecule has 6 nitrogen and oxygen atoms in total. The van der Waals surface area contributed by atoms with Gasteiger partial charge < -0.3 is 14.8 Å². The van der Waals surface area contributed by atoms with Crippen LogP contribution in [0.4, 0.5) is 4.79 Å². The molecular weight excluding hydrogens is 282 g/mol. The minimum absolute atomic E-state index is 0.271. The van der Waals surface area contributed by atoms with Gasteiger partial charge >= 0.3 is 6.09 Å². The van der Waals surface area contributed by atoms with Crippen molar-refractivity contribution >= 4 is 11.9 Å². The second-order valence-electron chi connectivity index (χ2n) is 6.78. The number of unbranched alkanes of at least 4 members (excludes halogenated alkanes) is 1.